The Hall–Kier alpha value is -12.6. The summed E-state index contributed by atoms with van der Waals surface area (Å²) in [6.45, 7) is 1.55. The summed E-state index contributed by atoms with van der Waals surface area (Å²) < 4.78 is 129. The first-order valence-electron chi connectivity index (χ1n) is 33.7. The highest BCUT2D eigenvalue weighted by molar-refractivity contribution is 7.90. The fraction of sp³-hybridized carbons (Fsp3) is 0.169. The molecule has 0 saturated heterocycles. The second-order valence-electron chi connectivity index (χ2n) is 26.2. The van der Waals surface area contributed by atoms with Gasteiger partial charge in [-0.25, -0.2) is 33.7 Å². The van der Waals surface area contributed by atoms with Crippen LogP contribution in [-0.2, 0) is 98.1 Å². The highest BCUT2D eigenvalue weighted by atomic mass is 32.2. The SMILES string of the molecule is CC1=CC2C(C(=O)C1=O)C(c1ccccc1)=CN2S(=O)(=O)c1ccccc1.CS(=O)(=O)N1C=C(c2ccccc2)C2C(=O)C(=O)C=CC21.CS(=O)(=O)N1N=CC2C(=O)C(=O)C=CC21.O=C1C=CC2C(C1=O)C(c1ccccc1)=CN2S(=O)(=O)c1ccc([N+](=O)[O-])cc1.O=C1C=CC2C(C=NN2S(=O)(=O)c2ccccc2)C1=O. The van der Waals surface area contributed by atoms with Crippen LogP contribution < -0.4 is 0 Å². The van der Waals surface area contributed by atoms with Crippen LogP contribution in [0.4, 0.5) is 5.69 Å². The average molecular weight is 1610 g/mol. The molecule has 5 aliphatic carbocycles. The van der Waals surface area contributed by atoms with Crippen molar-refractivity contribution in [3.8, 4) is 0 Å². The Kier molecular flexibility index (Phi) is 21.9. The maximum atomic E-state index is 13.2. The van der Waals surface area contributed by atoms with Crippen molar-refractivity contribution >= 4 is 143 Å². The number of sulfonamides is 5. The number of nitro groups is 1. The summed E-state index contributed by atoms with van der Waals surface area (Å²) in [7, 11) is -18.8. The average Bonchev–Trinajstić information content (AvgIpc) is 1.60. The van der Waals surface area contributed by atoms with Gasteiger partial charge in [0.1, 0.15) is 0 Å². The van der Waals surface area contributed by atoms with E-state index >= 15 is 0 Å². The van der Waals surface area contributed by atoms with Crippen LogP contribution in [0.1, 0.15) is 23.6 Å². The third-order valence-corrected chi connectivity index (χ3v) is 26.5. The van der Waals surface area contributed by atoms with E-state index in [4.69, 9.17) is 0 Å². The number of carbonyl (C=O) groups excluding carboxylic acids is 10. The van der Waals surface area contributed by atoms with E-state index in [0.717, 1.165) is 89.6 Å². The van der Waals surface area contributed by atoms with E-state index in [0.29, 0.717) is 22.3 Å². The molecule has 35 heteroatoms. The first-order valence-corrected chi connectivity index (χ1v) is 41.7. The van der Waals surface area contributed by atoms with Gasteiger partial charge in [-0.15, -0.1) is 0 Å². The quantitative estimate of drug-likeness (QED) is 0.0834. The molecule has 16 rings (SSSR count). The lowest BCUT2D eigenvalue weighted by Crippen LogP contribution is -2.43. The van der Waals surface area contributed by atoms with E-state index in [1.807, 2.05) is 36.4 Å². The summed E-state index contributed by atoms with van der Waals surface area (Å²) in [5.74, 6) is -10.3. The Labute approximate surface area is 641 Å². The number of hydrogen-bond donors (Lipinski definition) is 0. The number of hydrazone groups is 2. The van der Waals surface area contributed by atoms with Gasteiger partial charge in [0, 0.05) is 43.2 Å². The highest BCUT2D eigenvalue weighted by Gasteiger charge is 2.52. The number of carbonyl (C=O) groups is 10. The van der Waals surface area contributed by atoms with Crippen LogP contribution in [0.25, 0.3) is 16.7 Å². The van der Waals surface area contributed by atoms with Crippen LogP contribution in [0, 0.1) is 39.7 Å². The van der Waals surface area contributed by atoms with Gasteiger partial charge in [0.25, 0.3) is 35.8 Å². The van der Waals surface area contributed by atoms with Crippen molar-refractivity contribution in [3.05, 3.63) is 282 Å². The Morgan fingerprint density at radius 2 is 0.679 bits per heavy atom. The molecule has 10 atom stereocenters. The topological polar surface area (TPSA) is 425 Å². The van der Waals surface area contributed by atoms with Crippen molar-refractivity contribution in [1.29, 1.82) is 0 Å². The minimum Gasteiger partial charge on any atom is -0.290 e. The zero-order valence-corrected chi connectivity index (χ0v) is 62.8. The second-order valence-corrected chi connectivity index (χ2v) is 35.4. The molecule has 6 aromatic rings. The van der Waals surface area contributed by atoms with Crippen molar-refractivity contribution in [1.82, 2.24) is 21.7 Å². The van der Waals surface area contributed by atoms with Gasteiger partial charge in [0.05, 0.1) is 91.9 Å². The summed E-state index contributed by atoms with van der Waals surface area (Å²) in [5.41, 5.74) is 3.70. The number of non-ortho nitro benzene ring substituents is 1. The minimum atomic E-state index is -4.11. The van der Waals surface area contributed by atoms with E-state index in [1.54, 1.807) is 104 Å². The molecule has 10 unspecified atom stereocenters. The van der Waals surface area contributed by atoms with Crippen molar-refractivity contribution in [3.63, 3.8) is 0 Å². The number of rotatable bonds is 12. The van der Waals surface area contributed by atoms with Crippen LogP contribution in [0.2, 0.25) is 0 Å². The number of nitro benzene ring substituents is 1. The first-order chi connectivity index (χ1) is 53.0. The molecule has 0 fully saturated rings. The van der Waals surface area contributed by atoms with Crippen LogP contribution in [0.3, 0.4) is 0 Å². The van der Waals surface area contributed by atoms with Gasteiger partial charge in [0.15, 0.2) is 0 Å². The minimum absolute atomic E-state index is 0.0931. The van der Waals surface area contributed by atoms with Crippen LogP contribution in [0.5, 0.6) is 0 Å². The molecular formula is C77H62N8O22S5. The van der Waals surface area contributed by atoms with Gasteiger partial charge in [-0.1, -0.05) is 158 Å². The van der Waals surface area contributed by atoms with Crippen molar-refractivity contribution in [2.24, 2.45) is 39.8 Å². The number of allylic oxidation sites excluding steroid dienone is 5. The highest BCUT2D eigenvalue weighted by Crippen LogP contribution is 2.45. The predicted molar refractivity (Wildman–Crippen MR) is 403 cm³/mol. The summed E-state index contributed by atoms with van der Waals surface area (Å²) in [6.07, 6.45) is 20.5. The number of benzene rings is 6. The Balaban J connectivity index is 0.000000132. The maximum Gasteiger partial charge on any atom is 0.279 e. The molecule has 10 aliphatic rings. The number of fused-ring (bicyclic) bond motifs is 5. The van der Waals surface area contributed by atoms with Gasteiger partial charge in [-0.2, -0.15) is 27.4 Å². The van der Waals surface area contributed by atoms with Crippen molar-refractivity contribution in [2.75, 3.05) is 12.5 Å². The number of ketones is 10. The Bertz CT molecular complexity index is 5930. The normalized spacial score (nSPS) is 24.0. The smallest absolute Gasteiger partial charge is 0.279 e. The van der Waals surface area contributed by atoms with E-state index in [2.05, 4.69) is 10.2 Å². The number of Topliss-reactive ketones (excluding diaryl/α,β-unsaturated/α-hetero) is 6. The first kappa shape index (κ1) is 79.0. The van der Waals surface area contributed by atoms with E-state index in [-0.39, 0.29) is 25.9 Å². The maximum absolute atomic E-state index is 13.2. The number of nitrogens with zero attached hydrogens (tertiary/aromatic N) is 8. The molecule has 112 heavy (non-hydrogen) atoms. The molecule has 5 heterocycles. The van der Waals surface area contributed by atoms with E-state index < -0.39 is 173 Å². The molecule has 0 saturated carbocycles. The third kappa shape index (κ3) is 15.3. The van der Waals surface area contributed by atoms with Crippen molar-refractivity contribution in [2.45, 2.75) is 51.8 Å². The summed E-state index contributed by atoms with van der Waals surface area (Å²) >= 11 is 0. The van der Waals surface area contributed by atoms with Gasteiger partial charge in [-0.05, 0) is 107 Å². The van der Waals surface area contributed by atoms with Crippen LogP contribution >= 0.6 is 0 Å². The lowest BCUT2D eigenvalue weighted by Gasteiger charge is -2.29. The fourth-order valence-corrected chi connectivity index (χ4v) is 19.9. The Morgan fingerprint density at radius 3 is 1.07 bits per heavy atom. The van der Waals surface area contributed by atoms with Crippen LogP contribution in [0.15, 0.2) is 280 Å². The molecule has 0 aromatic heterocycles. The monoisotopic (exact) mass is 1610 g/mol. The standard InChI is InChI=1S/C21H17NO4S.C20H14N2O6S.C15H13NO4S.C13H10N2O4S.C8H8N2O4S/c1-14-12-18-19(21(24)20(14)23)17(15-8-4-2-5-9-15)13-22(18)27(25,26)16-10-6-3-7-11-16;23-18-11-10-17-19(20(18)24)16(13-4-2-1-3-5-13)12-21(17)29(27,28)15-8-6-14(7-9-15)22(25)26;1-21(19,20)16-9-11(10-5-3-2-4-6-10)14-12(16)7-8-13(17)15(14)18;16-12-7-6-11-10(13(12)17)8-14-15(11)20(18,19)9-4-2-1-3-5-9;1-15(13,14)10-6-2-3-7(11)8(12)5(6)4-9-10/h2-13,18-19H,1H3;1-12,17,19H;2-9,12,14H,1H3;1-8,10-11H;2-6H,1H3. The number of hydrogen-bond acceptors (Lipinski definition) is 24. The third-order valence-electron chi connectivity index (χ3n) is 19.1. The van der Waals surface area contributed by atoms with Gasteiger partial charge in [-0.3, -0.25) is 71.0 Å². The van der Waals surface area contributed by atoms with Gasteiger partial charge in [0.2, 0.25) is 77.9 Å². The molecule has 0 spiro atoms. The summed E-state index contributed by atoms with van der Waals surface area (Å²) in [5, 5.41) is 18.3. The lowest BCUT2D eigenvalue weighted by molar-refractivity contribution is -0.384. The molecule has 30 nitrogen and oxygen atoms in total. The fourth-order valence-electron chi connectivity index (χ4n) is 13.7. The summed E-state index contributed by atoms with van der Waals surface area (Å²) in [4.78, 5) is 129. The zero-order valence-electron chi connectivity index (χ0n) is 58.7. The summed E-state index contributed by atoms with van der Waals surface area (Å²) in [6, 6.07) is 43.6. The molecule has 0 radical (unpaired) electrons. The zero-order chi connectivity index (χ0) is 80.7. The molecule has 0 bridgehead atoms. The molecule has 572 valence electrons. The van der Waals surface area contributed by atoms with Crippen LogP contribution in [-0.4, -0.2) is 182 Å². The van der Waals surface area contributed by atoms with E-state index in [1.165, 1.54) is 83.9 Å². The van der Waals surface area contributed by atoms with E-state index in [9.17, 15) is 100 Å². The molecular weight excluding hydrogens is 1550 g/mol. The van der Waals surface area contributed by atoms with Gasteiger partial charge < -0.3 is 0 Å². The molecule has 5 aliphatic heterocycles. The second kappa shape index (κ2) is 31.1. The van der Waals surface area contributed by atoms with Crippen molar-refractivity contribution < 1.29 is 95.0 Å². The molecule has 0 amide bonds. The lowest BCUT2D eigenvalue weighted by atomic mass is 9.79. The Morgan fingerprint density at radius 1 is 0.357 bits per heavy atom. The largest absolute Gasteiger partial charge is 0.290 e. The molecule has 6 aromatic carbocycles. The molecule has 0 N–H and O–H groups in total. The van der Waals surface area contributed by atoms with Gasteiger partial charge >= 0.3 is 0 Å². The predicted octanol–water partition coefficient (Wildman–Crippen LogP) is 5.45.